The van der Waals surface area contributed by atoms with Gasteiger partial charge in [0, 0.05) is 11.1 Å². The molecule has 0 radical (unpaired) electrons. The fraction of sp³-hybridized carbons (Fsp3) is 0.471. The van der Waals surface area contributed by atoms with Gasteiger partial charge in [0.1, 0.15) is 0 Å². The van der Waals surface area contributed by atoms with Crippen LogP contribution in [0.5, 0.6) is 0 Å². The SMILES string of the molecule is CCCCOC(=O)c1c(C)n(S(C)(=O)=O)c2cc(C)c(NS(C)(=O)=O)cc12. The number of nitrogens with zero attached hydrogens (tertiary/aromatic N) is 1. The number of benzene rings is 1. The lowest BCUT2D eigenvalue weighted by Crippen LogP contribution is -2.13. The van der Waals surface area contributed by atoms with E-state index in [0.717, 1.165) is 22.9 Å². The predicted molar refractivity (Wildman–Crippen MR) is 105 cm³/mol. The second-order valence-electron chi connectivity index (χ2n) is 6.54. The number of hydrogen-bond donors (Lipinski definition) is 1. The van der Waals surface area contributed by atoms with E-state index in [-0.39, 0.29) is 23.6 Å². The third kappa shape index (κ3) is 4.62. The van der Waals surface area contributed by atoms with Crippen LogP contribution >= 0.6 is 0 Å². The zero-order valence-corrected chi connectivity index (χ0v) is 17.6. The number of carbonyl (C=O) groups is 1. The van der Waals surface area contributed by atoms with Gasteiger partial charge in [-0.2, -0.15) is 0 Å². The topological polar surface area (TPSA) is 112 Å². The molecule has 0 atom stereocenters. The Labute approximate surface area is 159 Å². The number of sulfonamides is 1. The first kappa shape index (κ1) is 21.2. The number of ether oxygens (including phenoxy) is 1. The predicted octanol–water partition coefficient (Wildman–Crippen LogP) is 2.39. The molecular weight excluding hydrogens is 392 g/mol. The van der Waals surface area contributed by atoms with Gasteiger partial charge < -0.3 is 4.74 Å². The minimum absolute atomic E-state index is 0.114. The lowest BCUT2D eigenvalue weighted by molar-refractivity contribution is 0.0501. The van der Waals surface area contributed by atoms with Gasteiger partial charge >= 0.3 is 5.97 Å². The molecule has 1 aromatic carbocycles. The van der Waals surface area contributed by atoms with E-state index in [1.165, 1.54) is 13.0 Å². The van der Waals surface area contributed by atoms with Crippen LogP contribution in [0.15, 0.2) is 12.1 Å². The quantitative estimate of drug-likeness (QED) is 0.548. The largest absolute Gasteiger partial charge is 0.462 e. The highest BCUT2D eigenvalue weighted by Gasteiger charge is 2.26. The van der Waals surface area contributed by atoms with Gasteiger partial charge in [0.15, 0.2) is 0 Å². The van der Waals surface area contributed by atoms with Crippen molar-refractivity contribution in [2.75, 3.05) is 23.8 Å². The monoisotopic (exact) mass is 416 g/mol. The molecule has 0 aliphatic heterocycles. The molecule has 1 heterocycles. The van der Waals surface area contributed by atoms with Crippen molar-refractivity contribution in [1.29, 1.82) is 0 Å². The number of rotatable bonds is 7. The molecule has 0 spiro atoms. The highest BCUT2D eigenvalue weighted by atomic mass is 32.2. The summed E-state index contributed by atoms with van der Waals surface area (Å²) in [4.78, 5) is 12.6. The van der Waals surface area contributed by atoms with Crippen molar-refractivity contribution in [2.45, 2.75) is 33.6 Å². The van der Waals surface area contributed by atoms with Crippen molar-refractivity contribution in [1.82, 2.24) is 3.97 Å². The number of unbranched alkanes of at least 4 members (excludes halogenated alkanes) is 1. The van der Waals surface area contributed by atoms with Crippen molar-refractivity contribution in [3.63, 3.8) is 0 Å². The first-order valence-corrected chi connectivity index (χ1v) is 12.1. The molecule has 27 heavy (non-hydrogen) atoms. The molecule has 150 valence electrons. The van der Waals surface area contributed by atoms with Gasteiger partial charge in [-0.05, 0) is 38.0 Å². The van der Waals surface area contributed by atoms with E-state index < -0.39 is 26.0 Å². The Hall–Kier alpha value is -2.07. The van der Waals surface area contributed by atoms with Crippen molar-refractivity contribution >= 4 is 42.6 Å². The summed E-state index contributed by atoms with van der Waals surface area (Å²) in [5, 5.41) is 0.316. The summed E-state index contributed by atoms with van der Waals surface area (Å²) >= 11 is 0. The summed E-state index contributed by atoms with van der Waals surface area (Å²) < 4.78 is 56.5. The van der Waals surface area contributed by atoms with Crippen molar-refractivity contribution < 1.29 is 26.4 Å². The minimum atomic E-state index is -3.69. The Balaban J connectivity index is 2.77. The Morgan fingerprint density at radius 2 is 1.78 bits per heavy atom. The summed E-state index contributed by atoms with van der Waals surface area (Å²) in [6, 6.07) is 3.01. The number of carbonyl (C=O) groups excluding carboxylic acids is 1. The van der Waals surface area contributed by atoms with Crippen LogP contribution in [-0.2, 0) is 24.8 Å². The Kier molecular flexibility index (Phi) is 5.91. The van der Waals surface area contributed by atoms with E-state index in [1.807, 2.05) is 6.92 Å². The average molecular weight is 417 g/mol. The summed E-state index contributed by atoms with van der Waals surface area (Å²) in [6.07, 6.45) is 3.60. The zero-order chi connectivity index (χ0) is 20.6. The number of aryl methyl sites for hydroxylation is 1. The van der Waals surface area contributed by atoms with Crippen LogP contribution in [-0.4, -0.2) is 45.9 Å². The minimum Gasteiger partial charge on any atom is -0.462 e. The van der Waals surface area contributed by atoms with Gasteiger partial charge in [0.2, 0.25) is 20.0 Å². The number of aromatic nitrogens is 1. The zero-order valence-electron chi connectivity index (χ0n) is 16.0. The molecule has 0 aliphatic carbocycles. The van der Waals surface area contributed by atoms with Crippen LogP contribution in [0.2, 0.25) is 0 Å². The maximum absolute atomic E-state index is 12.6. The Morgan fingerprint density at radius 3 is 2.30 bits per heavy atom. The van der Waals surface area contributed by atoms with Gasteiger partial charge in [-0.3, -0.25) is 4.72 Å². The number of nitrogens with one attached hydrogen (secondary N) is 1. The van der Waals surface area contributed by atoms with Gasteiger partial charge in [-0.15, -0.1) is 0 Å². The summed E-state index contributed by atoms with van der Waals surface area (Å²) in [5.41, 5.74) is 1.45. The van der Waals surface area contributed by atoms with Crippen molar-refractivity contribution in [2.24, 2.45) is 0 Å². The van der Waals surface area contributed by atoms with E-state index in [0.29, 0.717) is 22.9 Å². The molecule has 2 aromatic rings. The van der Waals surface area contributed by atoms with Crippen LogP contribution in [0.3, 0.4) is 0 Å². The highest BCUT2D eigenvalue weighted by molar-refractivity contribution is 7.92. The second kappa shape index (κ2) is 7.51. The molecule has 0 fully saturated rings. The molecular formula is C17H24N2O6S2. The summed E-state index contributed by atoms with van der Waals surface area (Å²) in [5.74, 6) is -0.637. The fourth-order valence-corrected chi connectivity index (χ4v) is 4.63. The Bertz CT molecular complexity index is 1100. The number of fused-ring (bicyclic) bond motifs is 1. The van der Waals surface area contributed by atoms with Crippen LogP contribution in [0, 0.1) is 13.8 Å². The molecule has 0 unspecified atom stereocenters. The maximum Gasteiger partial charge on any atom is 0.340 e. The van der Waals surface area contributed by atoms with E-state index in [1.54, 1.807) is 13.0 Å². The molecule has 8 nitrogen and oxygen atoms in total. The lowest BCUT2D eigenvalue weighted by Gasteiger charge is -2.10. The van der Waals surface area contributed by atoms with Crippen LogP contribution < -0.4 is 4.72 Å². The van der Waals surface area contributed by atoms with Crippen molar-refractivity contribution in [3.8, 4) is 0 Å². The molecule has 1 N–H and O–H groups in total. The first-order valence-electron chi connectivity index (χ1n) is 8.38. The highest BCUT2D eigenvalue weighted by Crippen LogP contribution is 2.32. The van der Waals surface area contributed by atoms with E-state index in [2.05, 4.69) is 4.72 Å². The Morgan fingerprint density at radius 1 is 1.15 bits per heavy atom. The van der Waals surface area contributed by atoms with Crippen LogP contribution in [0.1, 0.15) is 41.4 Å². The molecule has 0 saturated carbocycles. The molecule has 0 saturated heterocycles. The van der Waals surface area contributed by atoms with Gasteiger partial charge in [-0.25, -0.2) is 25.6 Å². The van der Waals surface area contributed by atoms with Gasteiger partial charge in [0.05, 0.1) is 35.9 Å². The molecule has 2 rings (SSSR count). The smallest absolute Gasteiger partial charge is 0.340 e. The summed E-state index contributed by atoms with van der Waals surface area (Å²) in [6.45, 7) is 5.36. The third-order valence-corrected chi connectivity index (χ3v) is 5.78. The molecule has 0 amide bonds. The van der Waals surface area contributed by atoms with Crippen LogP contribution in [0.25, 0.3) is 10.9 Å². The maximum atomic E-state index is 12.6. The van der Waals surface area contributed by atoms with Gasteiger partial charge in [0.25, 0.3) is 0 Å². The fourth-order valence-electron chi connectivity index (χ4n) is 2.91. The van der Waals surface area contributed by atoms with Crippen molar-refractivity contribution in [3.05, 3.63) is 29.0 Å². The first-order chi connectivity index (χ1) is 12.4. The lowest BCUT2D eigenvalue weighted by atomic mass is 10.1. The third-order valence-electron chi connectivity index (χ3n) is 4.06. The number of esters is 1. The van der Waals surface area contributed by atoms with Gasteiger partial charge in [-0.1, -0.05) is 13.3 Å². The normalized spacial score (nSPS) is 12.3. The number of hydrogen-bond acceptors (Lipinski definition) is 6. The molecule has 0 bridgehead atoms. The van der Waals surface area contributed by atoms with E-state index in [4.69, 9.17) is 4.74 Å². The molecule has 0 aliphatic rings. The number of anilines is 1. The van der Waals surface area contributed by atoms with Crippen LogP contribution in [0.4, 0.5) is 5.69 Å². The molecule has 1 aromatic heterocycles. The standard InChI is InChI=1S/C17H24N2O6S2/c1-6-7-8-25-17(20)16-12(3)19(27(5,23)24)15-9-11(2)14(10-13(15)16)18-26(4,21)22/h9-10,18H,6-8H2,1-5H3. The second-order valence-corrected chi connectivity index (χ2v) is 10.1. The van der Waals surface area contributed by atoms with E-state index >= 15 is 0 Å². The summed E-state index contributed by atoms with van der Waals surface area (Å²) in [7, 11) is -7.23. The molecule has 10 heteroatoms. The average Bonchev–Trinajstić information content (AvgIpc) is 2.77. The van der Waals surface area contributed by atoms with E-state index in [9.17, 15) is 21.6 Å².